The van der Waals surface area contributed by atoms with Crippen molar-refractivity contribution >= 4 is 40.2 Å². The molecule has 1 fully saturated rings. The summed E-state index contributed by atoms with van der Waals surface area (Å²) in [6.45, 7) is 5.29. The van der Waals surface area contributed by atoms with Gasteiger partial charge >= 0.3 is 0 Å². The SMILES string of the molecule is CC1(C)CC(CNc2nc3c(C#N)cccc3[nH]2)(c2ccc(Cl)c(Cl)c2)C1. The molecular formula is C21H20Cl2N4. The molecule has 1 aliphatic rings. The average Bonchev–Trinajstić information content (AvgIpc) is 3.03. The number of aromatic nitrogens is 2. The highest BCUT2D eigenvalue weighted by Gasteiger charge is 2.50. The van der Waals surface area contributed by atoms with Crippen LogP contribution in [0.15, 0.2) is 36.4 Å². The lowest BCUT2D eigenvalue weighted by Gasteiger charge is -2.54. The molecule has 1 aliphatic carbocycles. The standard InChI is InChI=1S/C21H20Cl2N4/c1-20(2)10-21(11-20,14-6-7-15(22)16(23)8-14)12-25-19-26-17-5-3-4-13(9-24)18(17)27-19/h3-8H,10-12H2,1-2H3,(H2,25,26,27). The molecule has 2 N–H and O–H groups in total. The zero-order chi connectivity index (χ0) is 19.2. The second-order valence-electron chi connectivity index (χ2n) is 8.18. The minimum Gasteiger partial charge on any atom is -0.355 e. The highest BCUT2D eigenvalue weighted by molar-refractivity contribution is 6.42. The first-order valence-electron chi connectivity index (χ1n) is 8.90. The summed E-state index contributed by atoms with van der Waals surface area (Å²) >= 11 is 12.4. The number of fused-ring (bicyclic) bond motifs is 1. The fourth-order valence-electron chi connectivity index (χ4n) is 4.50. The van der Waals surface area contributed by atoms with Crippen molar-refractivity contribution < 1.29 is 0 Å². The molecule has 1 saturated carbocycles. The molecule has 0 bridgehead atoms. The Bertz CT molecular complexity index is 1050. The van der Waals surface area contributed by atoms with Gasteiger partial charge in [0.05, 0.1) is 21.1 Å². The van der Waals surface area contributed by atoms with E-state index in [0.717, 1.165) is 24.9 Å². The maximum atomic E-state index is 9.26. The molecule has 6 heteroatoms. The maximum absolute atomic E-state index is 9.26. The van der Waals surface area contributed by atoms with E-state index < -0.39 is 0 Å². The third kappa shape index (κ3) is 3.26. The molecule has 0 unspecified atom stereocenters. The summed E-state index contributed by atoms with van der Waals surface area (Å²) in [5.41, 5.74) is 3.58. The van der Waals surface area contributed by atoms with Crippen molar-refractivity contribution in [3.63, 3.8) is 0 Å². The van der Waals surface area contributed by atoms with E-state index in [-0.39, 0.29) is 10.8 Å². The number of para-hydroxylation sites is 1. The predicted molar refractivity (Wildman–Crippen MR) is 110 cm³/mol. The van der Waals surface area contributed by atoms with E-state index in [2.05, 4.69) is 41.3 Å². The van der Waals surface area contributed by atoms with Gasteiger partial charge in [0.1, 0.15) is 11.6 Å². The first kappa shape index (κ1) is 18.2. The molecule has 0 amide bonds. The van der Waals surface area contributed by atoms with Gasteiger partial charge in [0.15, 0.2) is 0 Å². The molecule has 0 saturated heterocycles. The summed E-state index contributed by atoms with van der Waals surface area (Å²) in [6, 6.07) is 13.7. The molecule has 4 rings (SSSR count). The first-order valence-corrected chi connectivity index (χ1v) is 9.66. The number of hydrogen-bond donors (Lipinski definition) is 2. The molecule has 2 aromatic carbocycles. The number of anilines is 1. The van der Waals surface area contributed by atoms with Gasteiger partial charge in [-0.2, -0.15) is 5.26 Å². The van der Waals surface area contributed by atoms with E-state index in [1.807, 2.05) is 24.3 Å². The van der Waals surface area contributed by atoms with Crippen LogP contribution in [0, 0.1) is 16.7 Å². The predicted octanol–water partition coefficient (Wildman–Crippen LogP) is 5.91. The summed E-state index contributed by atoms with van der Waals surface area (Å²) in [5, 5.41) is 13.9. The number of nitrogens with one attached hydrogen (secondary N) is 2. The lowest BCUT2D eigenvalue weighted by molar-refractivity contribution is 0.0666. The minimum atomic E-state index is -0.0191. The summed E-state index contributed by atoms with van der Waals surface area (Å²) < 4.78 is 0. The minimum absolute atomic E-state index is 0.0191. The summed E-state index contributed by atoms with van der Waals surface area (Å²) in [4.78, 5) is 7.83. The van der Waals surface area contributed by atoms with Gasteiger partial charge in [0, 0.05) is 12.0 Å². The summed E-state index contributed by atoms with van der Waals surface area (Å²) in [6.07, 6.45) is 2.10. The van der Waals surface area contributed by atoms with Gasteiger partial charge in [-0.3, -0.25) is 0 Å². The molecule has 1 aromatic heterocycles. The van der Waals surface area contributed by atoms with Gasteiger partial charge in [0.2, 0.25) is 5.95 Å². The van der Waals surface area contributed by atoms with Gasteiger partial charge in [-0.25, -0.2) is 4.98 Å². The third-order valence-electron chi connectivity index (χ3n) is 5.39. The van der Waals surface area contributed by atoms with Crippen LogP contribution in [0.3, 0.4) is 0 Å². The molecule has 0 atom stereocenters. The van der Waals surface area contributed by atoms with Crippen molar-refractivity contribution in [2.75, 3.05) is 11.9 Å². The summed E-state index contributed by atoms with van der Waals surface area (Å²) in [7, 11) is 0. The average molecular weight is 399 g/mol. The Morgan fingerprint density at radius 3 is 2.63 bits per heavy atom. The molecule has 4 nitrogen and oxygen atoms in total. The zero-order valence-corrected chi connectivity index (χ0v) is 16.7. The molecule has 0 aliphatic heterocycles. The first-order chi connectivity index (χ1) is 12.8. The van der Waals surface area contributed by atoms with Crippen LogP contribution < -0.4 is 5.32 Å². The van der Waals surface area contributed by atoms with E-state index >= 15 is 0 Å². The Hall–Kier alpha value is -2.22. The molecular weight excluding hydrogens is 379 g/mol. The number of nitriles is 1. The largest absolute Gasteiger partial charge is 0.355 e. The van der Waals surface area contributed by atoms with E-state index in [0.29, 0.717) is 27.1 Å². The van der Waals surface area contributed by atoms with Crippen LogP contribution in [-0.2, 0) is 5.41 Å². The quantitative estimate of drug-likeness (QED) is 0.573. The van der Waals surface area contributed by atoms with E-state index in [1.165, 1.54) is 5.56 Å². The van der Waals surface area contributed by atoms with Gasteiger partial charge in [-0.05, 0) is 48.1 Å². The molecule has 138 valence electrons. The van der Waals surface area contributed by atoms with Crippen molar-refractivity contribution in [3.8, 4) is 6.07 Å². The van der Waals surface area contributed by atoms with E-state index in [4.69, 9.17) is 23.2 Å². The van der Waals surface area contributed by atoms with Crippen molar-refractivity contribution in [1.82, 2.24) is 9.97 Å². The monoisotopic (exact) mass is 398 g/mol. The fourth-order valence-corrected chi connectivity index (χ4v) is 4.79. The van der Waals surface area contributed by atoms with Gasteiger partial charge in [0.25, 0.3) is 0 Å². The van der Waals surface area contributed by atoms with Crippen LogP contribution in [-0.4, -0.2) is 16.5 Å². The van der Waals surface area contributed by atoms with Crippen molar-refractivity contribution in [1.29, 1.82) is 5.26 Å². The second kappa shape index (κ2) is 6.44. The van der Waals surface area contributed by atoms with Crippen LogP contribution in [0.25, 0.3) is 11.0 Å². The molecule has 27 heavy (non-hydrogen) atoms. The van der Waals surface area contributed by atoms with Crippen LogP contribution in [0.5, 0.6) is 0 Å². The highest BCUT2D eigenvalue weighted by Crippen LogP contribution is 2.55. The lowest BCUT2D eigenvalue weighted by atomic mass is 9.52. The number of benzene rings is 2. The highest BCUT2D eigenvalue weighted by atomic mass is 35.5. The van der Waals surface area contributed by atoms with Gasteiger partial charge in [-0.1, -0.05) is 49.2 Å². The van der Waals surface area contributed by atoms with Crippen LogP contribution in [0.2, 0.25) is 10.0 Å². The lowest BCUT2D eigenvalue weighted by Crippen LogP contribution is -2.51. The van der Waals surface area contributed by atoms with Crippen molar-refractivity contribution in [2.45, 2.75) is 32.1 Å². The number of halogens is 2. The zero-order valence-electron chi connectivity index (χ0n) is 15.2. The Balaban J connectivity index is 1.62. The van der Waals surface area contributed by atoms with Crippen LogP contribution in [0.1, 0.15) is 37.8 Å². The van der Waals surface area contributed by atoms with Crippen LogP contribution in [0.4, 0.5) is 5.95 Å². The number of aromatic amines is 1. The van der Waals surface area contributed by atoms with Crippen molar-refractivity contribution in [3.05, 3.63) is 57.6 Å². The topological polar surface area (TPSA) is 64.5 Å². The molecule has 0 spiro atoms. The Labute approximate surface area is 168 Å². The number of nitrogens with zero attached hydrogens (tertiary/aromatic N) is 2. The Kier molecular flexibility index (Phi) is 4.33. The number of hydrogen-bond acceptors (Lipinski definition) is 3. The maximum Gasteiger partial charge on any atom is 0.201 e. The molecule has 1 heterocycles. The normalized spacial score (nSPS) is 17.3. The van der Waals surface area contributed by atoms with Gasteiger partial charge in [-0.15, -0.1) is 0 Å². The number of H-pyrrole nitrogens is 1. The smallest absolute Gasteiger partial charge is 0.201 e. The van der Waals surface area contributed by atoms with E-state index in [9.17, 15) is 5.26 Å². The molecule has 3 aromatic rings. The van der Waals surface area contributed by atoms with Crippen LogP contribution >= 0.6 is 23.2 Å². The Morgan fingerprint density at radius 2 is 1.96 bits per heavy atom. The second-order valence-corrected chi connectivity index (χ2v) is 8.99. The molecule has 0 radical (unpaired) electrons. The van der Waals surface area contributed by atoms with Crippen molar-refractivity contribution in [2.24, 2.45) is 5.41 Å². The van der Waals surface area contributed by atoms with Gasteiger partial charge < -0.3 is 10.3 Å². The number of rotatable bonds is 4. The number of imidazole rings is 1. The third-order valence-corrected chi connectivity index (χ3v) is 6.13. The summed E-state index contributed by atoms with van der Waals surface area (Å²) in [5.74, 6) is 0.678. The Morgan fingerprint density at radius 1 is 1.19 bits per heavy atom. The fraction of sp³-hybridized carbons (Fsp3) is 0.333. The van der Waals surface area contributed by atoms with E-state index in [1.54, 1.807) is 6.07 Å².